The van der Waals surface area contributed by atoms with Crippen LogP contribution in [0.25, 0.3) is 0 Å². The molecule has 3 N–H and O–H groups in total. The summed E-state index contributed by atoms with van der Waals surface area (Å²) in [5.74, 6) is -0.370. The van der Waals surface area contributed by atoms with Crippen molar-refractivity contribution in [3.05, 3.63) is 52.8 Å². The molecule has 0 spiro atoms. The van der Waals surface area contributed by atoms with Gasteiger partial charge < -0.3 is 11.1 Å². The molecule has 2 rings (SSSR count). The summed E-state index contributed by atoms with van der Waals surface area (Å²) in [6.07, 6.45) is 0. The highest BCUT2D eigenvalue weighted by Crippen LogP contribution is 2.24. The standard InChI is InChI=1S/C13H12ClFN2/c1-8-2-3-11(7-13(8)14)17-12-5-9(15)4-10(16)6-12/h2-7,17H,16H2,1H3. The molecule has 0 unspecified atom stereocenters. The molecule has 0 fully saturated rings. The smallest absolute Gasteiger partial charge is 0.127 e. The van der Waals surface area contributed by atoms with E-state index in [1.165, 1.54) is 12.1 Å². The lowest BCUT2D eigenvalue weighted by Gasteiger charge is -2.08. The normalized spacial score (nSPS) is 10.3. The van der Waals surface area contributed by atoms with E-state index in [9.17, 15) is 4.39 Å². The molecule has 0 atom stereocenters. The second-order valence-corrected chi connectivity index (χ2v) is 4.27. The summed E-state index contributed by atoms with van der Waals surface area (Å²) in [6, 6.07) is 9.88. The number of anilines is 3. The molecule has 2 nitrogen and oxygen atoms in total. The van der Waals surface area contributed by atoms with Gasteiger partial charge in [-0.2, -0.15) is 0 Å². The van der Waals surface area contributed by atoms with E-state index in [1.54, 1.807) is 12.1 Å². The molecule has 0 aliphatic carbocycles. The summed E-state index contributed by atoms with van der Waals surface area (Å²) < 4.78 is 13.1. The molecule has 0 bridgehead atoms. The maximum Gasteiger partial charge on any atom is 0.127 e. The number of rotatable bonds is 2. The van der Waals surface area contributed by atoms with E-state index in [0.717, 1.165) is 11.3 Å². The van der Waals surface area contributed by atoms with Crippen molar-refractivity contribution >= 4 is 28.7 Å². The van der Waals surface area contributed by atoms with Crippen LogP contribution in [0.1, 0.15) is 5.56 Å². The molecule has 2 aromatic rings. The molecule has 0 radical (unpaired) electrons. The minimum atomic E-state index is -0.370. The highest BCUT2D eigenvalue weighted by atomic mass is 35.5. The van der Waals surface area contributed by atoms with E-state index < -0.39 is 0 Å². The largest absolute Gasteiger partial charge is 0.399 e. The quantitative estimate of drug-likeness (QED) is 0.787. The summed E-state index contributed by atoms with van der Waals surface area (Å²) in [6.45, 7) is 1.92. The molecule has 17 heavy (non-hydrogen) atoms. The minimum Gasteiger partial charge on any atom is -0.399 e. The van der Waals surface area contributed by atoms with Gasteiger partial charge in [0.25, 0.3) is 0 Å². The van der Waals surface area contributed by atoms with Crippen LogP contribution in [0.3, 0.4) is 0 Å². The van der Waals surface area contributed by atoms with Crippen molar-refractivity contribution in [2.45, 2.75) is 6.92 Å². The van der Waals surface area contributed by atoms with Crippen molar-refractivity contribution < 1.29 is 4.39 Å². The van der Waals surface area contributed by atoms with Crippen LogP contribution in [0, 0.1) is 12.7 Å². The van der Waals surface area contributed by atoms with Crippen LogP contribution in [-0.2, 0) is 0 Å². The molecule has 4 heteroatoms. The van der Waals surface area contributed by atoms with Gasteiger partial charge in [-0.1, -0.05) is 17.7 Å². The highest BCUT2D eigenvalue weighted by Gasteiger charge is 2.01. The van der Waals surface area contributed by atoms with Crippen LogP contribution in [0.4, 0.5) is 21.5 Å². The maximum absolute atomic E-state index is 13.1. The number of nitrogen functional groups attached to an aromatic ring is 1. The monoisotopic (exact) mass is 250 g/mol. The molecule has 0 aliphatic heterocycles. The lowest BCUT2D eigenvalue weighted by atomic mass is 10.2. The van der Waals surface area contributed by atoms with Crippen LogP contribution in [0.15, 0.2) is 36.4 Å². The van der Waals surface area contributed by atoms with E-state index in [-0.39, 0.29) is 5.82 Å². The fourth-order valence-electron chi connectivity index (χ4n) is 1.52. The molecular formula is C13H12ClFN2. The Kier molecular flexibility index (Phi) is 3.20. The second kappa shape index (κ2) is 4.63. The van der Waals surface area contributed by atoms with Gasteiger partial charge >= 0.3 is 0 Å². The van der Waals surface area contributed by atoms with Crippen LogP contribution in [-0.4, -0.2) is 0 Å². The molecule has 0 aromatic heterocycles. The van der Waals surface area contributed by atoms with Gasteiger partial charge in [0.05, 0.1) is 0 Å². The van der Waals surface area contributed by atoms with Gasteiger partial charge in [0.15, 0.2) is 0 Å². The topological polar surface area (TPSA) is 38.0 Å². The fourth-order valence-corrected chi connectivity index (χ4v) is 1.70. The third kappa shape index (κ3) is 2.88. The van der Waals surface area contributed by atoms with Gasteiger partial charge in [0.2, 0.25) is 0 Å². The van der Waals surface area contributed by atoms with Crippen molar-refractivity contribution in [1.29, 1.82) is 0 Å². The first-order valence-corrected chi connectivity index (χ1v) is 5.51. The van der Waals surface area contributed by atoms with Gasteiger partial charge in [-0.25, -0.2) is 4.39 Å². The number of halogens is 2. The van der Waals surface area contributed by atoms with Crippen molar-refractivity contribution in [1.82, 2.24) is 0 Å². The third-order valence-electron chi connectivity index (χ3n) is 2.38. The molecule has 0 saturated heterocycles. The average Bonchev–Trinajstić information content (AvgIpc) is 2.22. The van der Waals surface area contributed by atoms with Gasteiger partial charge in [-0.05, 0) is 42.8 Å². The third-order valence-corrected chi connectivity index (χ3v) is 2.79. The summed E-state index contributed by atoms with van der Waals surface area (Å²) >= 11 is 6.00. The van der Waals surface area contributed by atoms with E-state index in [2.05, 4.69) is 5.32 Å². The summed E-state index contributed by atoms with van der Waals surface area (Å²) in [4.78, 5) is 0. The Bertz CT molecular complexity index is 535. The number of nitrogens with two attached hydrogens (primary N) is 1. The second-order valence-electron chi connectivity index (χ2n) is 3.86. The average molecular weight is 251 g/mol. The van der Waals surface area contributed by atoms with E-state index in [1.807, 2.05) is 19.1 Å². The van der Waals surface area contributed by atoms with Gasteiger partial charge in [0, 0.05) is 22.1 Å². The lowest BCUT2D eigenvalue weighted by molar-refractivity contribution is 0.629. The number of nitrogens with one attached hydrogen (secondary N) is 1. The molecular weight excluding hydrogens is 239 g/mol. The molecule has 0 aliphatic rings. The molecule has 0 amide bonds. The Balaban J connectivity index is 2.28. The zero-order chi connectivity index (χ0) is 12.4. The van der Waals surface area contributed by atoms with Crippen molar-refractivity contribution in [2.75, 3.05) is 11.1 Å². The Hall–Kier alpha value is -1.74. The molecule has 88 valence electrons. The SMILES string of the molecule is Cc1ccc(Nc2cc(N)cc(F)c2)cc1Cl. The van der Waals surface area contributed by atoms with Gasteiger partial charge in [0.1, 0.15) is 5.82 Å². The molecule has 0 saturated carbocycles. The van der Waals surface area contributed by atoms with Crippen molar-refractivity contribution in [2.24, 2.45) is 0 Å². The highest BCUT2D eigenvalue weighted by molar-refractivity contribution is 6.31. The first-order chi connectivity index (χ1) is 8.04. The van der Waals surface area contributed by atoms with Crippen LogP contribution >= 0.6 is 11.6 Å². The Morgan fingerprint density at radius 1 is 1.12 bits per heavy atom. The Labute approximate surface area is 104 Å². The maximum atomic E-state index is 13.1. The summed E-state index contributed by atoms with van der Waals surface area (Å²) in [5, 5.41) is 3.72. The zero-order valence-electron chi connectivity index (χ0n) is 9.30. The first kappa shape index (κ1) is 11.7. The predicted octanol–water partition coefficient (Wildman–Crippen LogP) is 4.11. The number of benzene rings is 2. The summed E-state index contributed by atoms with van der Waals surface area (Å²) in [7, 11) is 0. The fraction of sp³-hybridized carbons (Fsp3) is 0.0769. The van der Waals surface area contributed by atoms with Crippen LogP contribution in [0.2, 0.25) is 5.02 Å². The Morgan fingerprint density at radius 3 is 2.53 bits per heavy atom. The van der Waals surface area contributed by atoms with Gasteiger partial charge in [-0.15, -0.1) is 0 Å². The number of hydrogen-bond donors (Lipinski definition) is 2. The van der Waals surface area contributed by atoms with Gasteiger partial charge in [-0.3, -0.25) is 0 Å². The lowest BCUT2D eigenvalue weighted by Crippen LogP contribution is -1.94. The van der Waals surface area contributed by atoms with Crippen molar-refractivity contribution in [3.63, 3.8) is 0 Å². The van der Waals surface area contributed by atoms with Crippen molar-refractivity contribution in [3.8, 4) is 0 Å². The zero-order valence-corrected chi connectivity index (χ0v) is 10.1. The van der Waals surface area contributed by atoms with E-state index in [4.69, 9.17) is 17.3 Å². The van der Waals surface area contributed by atoms with Crippen LogP contribution < -0.4 is 11.1 Å². The molecule has 2 aromatic carbocycles. The van der Waals surface area contributed by atoms with E-state index in [0.29, 0.717) is 16.4 Å². The first-order valence-electron chi connectivity index (χ1n) is 5.14. The number of hydrogen-bond acceptors (Lipinski definition) is 2. The predicted molar refractivity (Wildman–Crippen MR) is 70.3 cm³/mol. The van der Waals surface area contributed by atoms with Crippen LogP contribution in [0.5, 0.6) is 0 Å². The Morgan fingerprint density at radius 2 is 1.88 bits per heavy atom. The minimum absolute atomic E-state index is 0.370. The number of aryl methyl sites for hydroxylation is 1. The summed E-state index contributed by atoms with van der Waals surface area (Å²) in [5.41, 5.74) is 8.33. The molecule has 0 heterocycles. The van der Waals surface area contributed by atoms with E-state index >= 15 is 0 Å².